The van der Waals surface area contributed by atoms with Crippen molar-refractivity contribution in [2.24, 2.45) is 0 Å². The van der Waals surface area contributed by atoms with Gasteiger partial charge >= 0.3 is 11.9 Å². The highest BCUT2D eigenvalue weighted by molar-refractivity contribution is 5.83. The second-order valence-corrected chi connectivity index (χ2v) is 6.53. The van der Waals surface area contributed by atoms with Crippen LogP contribution in [0.25, 0.3) is 0 Å². The first-order valence-corrected chi connectivity index (χ1v) is 7.29. The van der Waals surface area contributed by atoms with Crippen molar-refractivity contribution >= 4 is 11.9 Å². The van der Waals surface area contributed by atoms with Crippen LogP contribution in [0.2, 0.25) is 0 Å². The maximum absolute atomic E-state index is 12.5. The molecule has 0 bridgehead atoms. The van der Waals surface area contributed by atoms with Crippen molar-refractivity contribution in [3.05, 3.63) is 0 Å². The molecule has 5 nitrogen and oxygen atoms in total. The molecule has 0 aromatic rings. The average Bonchev–Trinajstić information content (AvgIpc) is 2.36. The summed E-state index contributed by atoms with van der Waals surface area (Å²) in [5.74, 6) is -0.626. The van der Waals surface area contributed by atoms with Gasteiger partial charge in [0.1, 0.15) is 17.2 Å². The summed E-state index contributed by atoms with van der Waals surface area (Å²) >= 11 is 0. The van der Waals surface area contributed by atoms with Gasteiger partial charge in [-0.1, -0.05) is 19.3 Å². The molecule has 1 fully saturated rings. The lowest BCUT2D eigenvalue weighted by atomic mass is 9.81. The standard InChI is InChI=1S/C15H27NO4/c1-11(12(17)19-5)16-15(9-7-6-8-10-15)13(18)20-14(2,3)4/h11,16H,6-10H2,1-5H3/t11-/m0/s1. The van der Waals surface area contributed by atoms with E-state index in [-0.39, 0.29) is 11.9 Å². The van der Waals surface area contributed by atoms with Gasteiger partial charge in [-0.2, -0.15) is 0 Å². The lowest BCUT2D eigenvalue weighted by Crippen LogP contribution is -2.59. The predicted molar refractivity (Wildman–Crippen MR) is 76.3 cm³/mol. The van der Waals surface area contributed by atoms with Crippen molar-refractivity contribution in [1.29, 1.82) is 0 Å². The maximum atomic E-state index is 12.5. The molecule has 0 heterocycles. The summed E-state index contributed by atoms with van der Waals surface area (Å²) in [5.41, 5.74) is -1.29. The van der Waals surface area contributed by atoms with Crippen LogP contribution >= 0.6 is 0 Å². The van der Waals surface area contributed by atoms with E-state index in [1.165, 1.54) is 7.11 Å². The van der Waals surface area contributed by atoms with E-state index < -0.39 is 17.2 Å². The number of hydrogen-bond donors (Lipinski definition) is 1. The zero-order chi connectivity index (χ0) is 15.4. The number of carbonyl (C=O) groups is 2. The van der Waals surface area contributed by atoms with E-state index in [1.54, 1.807) is 6.92 Å². The molecule has 116 valence electrons. The van der Waals surface area contributed by atoms with E-state index in [9.17, 15) is 9.59 Å². The molecular formula is C15H27NO4. The molecule has 1 atom stereocenters. The van der Waals surface area contributed by atoms with Crippen molar-refractivity contribution < 1.29 is 19.1 Å². The highest BCUT2D eigenvalue weighted by atomic mass is 16.6. The lowest BCUT2D eigenvalue weighted by Gasteiger charge is -2.39. The SMILES string of the molecule is COC(=O)[C@H](C)NC1(C(=O)OC(C)(C)C)CCCCC1. The molecule has 0 amide bonds. The molecule has 0 radical (unpaired) electrons. The smallest absolute Gasteiger partial charge is 0.326 e. The van der Waals surface area contributed by atoms with Gasteiger partial charge in [-0.25, -0.2) is 0 Å². The zero-order valence-corrected chi connectivity index (χ0v) is 13.2. The number of hydrogen-bond acceptors (Lipinski definition) is 5. The molecule has 5 heteroatoms. The molecule has 1 rings (SSSR count). The molecule has 0 aromatic carbocycles. The van der Waals surface area contributed by atoms with Crippen LogP contribution in [0.4, 0.5) is 0 Å². The van der Waals surface area contributed by atoms with Crippen molar-refractivity contribution in [2.45, 2.75) is 77.0 Å². The maximum Gasteiger partial charge on any atom is 0.326 e. The first-order valence-electron chi connectivity index (χ1n) is 7.29. The number of esters is 2. The Morgan fingerprint density at radius 2 is 1.70 bits per heavy atom. The Bertz CT molecular complexity index is 353. The third-order valence-corrected chi connectivity index (χ3v) is 3.54. The van der Waals surface area contributed by atoms with Crippen LogP contribution in [-0.2, 0) is 19.1 Å². The van der Waals surface area contributed by atoms with E-state index >= 15 is 0 Å². The summed E-state index contributed by atoms with van der Waals surface area (Å²) in [6.07, 6.45) is 4.42. The fourth-order valence-electron chi connectivity index (χ4n) is 2.59. The van der Waals surface area contributed by atoms with Crippen LogP contribution in [0, 0.1) is 0 Å². The summed E-state index contributed by atoms with van der Waals surface area (Å²) in [5, 5.41) is 3.16. The Morgan fingerprint density at radius 1 is 1.15 bits per heavy atom. The molecule has 1 N–H and O–H groups in total. The van der Waals surface area contributed by atoms with Gasteiger partial charge in [0.15, 0.2) is 0 Å². The first kappa shape index (κ1) is 17.0. The van der Waals surface area contributed by atoms with Crippen LogP contribution in [0.5, 0.6) is 0 Å². The minimum Gasteiger partial charge on any atom is -0.468 e. The molecule has 0 aliphatic heterocycles. The summed E-state index contributed by atoms with van der Waals surface area (Å²) in [4.78, 5) is 24.1. The second kappa shape index (κ2) is 6.57. The fourth-order valence-corrected chi connectivity index (χ4v) is 2.59. The van der Waals surface area contributed by atoms with Crippen LogP contribution in [0.1, 0.15) is 59.8 Å². The molecular weight excluding hydrogens is 258 g/mol. The van der Waals surface area contributed by atoms with Gasteiger partial charge in [-0.05, 0) is 40.5 Å². The molecule has 0 aromatic heterocycles. The normalized spacial score (nSPS) is 20.1. The highest BCUT2D eigenvalue weighted by Crippen LogP contribution is 2.31. The molecule has 20 heavy (non-hydrogen) atoms. The number of ether oxygens (including phenoxy) is 2. The Kier molecular flexibility index (Phi) is 5.57. The van der Waals surface area contributed by atoms with Crippen LogP contribution in [0.15, 0.2) is 0 Å². The van der Waals surface area contributed by atoms with Crippen molar-refractivity contribution in [2.75, 3.05) is 7.11 Å². The minimum absolute atomic E-state index is 0.263. The molecule has 1 aliphatic carbocycles. The van der Waals surface area contributed by atoms with Crippen molar-refractivity contribution in [1.82, 2.24) is 5.32 Å². The Morgan fingerprint density at radius 3 is 2.15 bits per heavy atom. The van der Waals surface area contributed by atoms with Gasteiger partial charge in [0, 0.05) is 0 Å². The van der Waals surface area contributed by atoms with Crippen LogP contribution in [-0.4, -0.2) is 36.2 Å². The summed E-state index contributed by atoms with van der Waals surface area (Å²) in [6, 6.07) is -0.523. The molecule has 0 saturated heterocycles. The average molecular weight is 285 g/mol. The Balaban J connectivity index is 2.86. The Labute approximate surface area is 121 Å². The quantitative estimate of drug-likeness (QED) is 0.802. The van der Waals surface area contributed by atoms with E-state index in [0.717, 1.165) is 19.3 Å². The van der Waals surface area contributed by atoms with Crippen molar-refractivity contribution in [3.8, 4) is 0 Å². The molecule has 0 spiro atoms. The summed E-state index contributed by atoms with van der Waals surface area (Å²) < 4.78 is 10.3. The first-order chi connectivity index (χ1) is 9.20. The number of carbonyl (C=O) groups excluding carboxylic acids is 2. The van der Waals surface area contributed by atoms with Gasteiger partial charge in [0.05, 0.1) is 7.11 Å². The van der Waals surface area contributed by atoms with Gasteiger partial charge in [0.2, 0.25) is 0 Å². The van der Waals surface area contributed by atoms with Gasteiger partial charge in [-0.3, -0.25) is 14.9 Å². The molecule has 0 unspecified atom stereocenters. The van der Waals surface area contributed by atoms with E-state index in [2.05, 4.69) is 5.32 Å². The fraction of sp³-hybridized carbons (Fsp3) is 0.867. The summed E-state index contributed by atoms with van der Waals surface area (Å²) in [7, 11) is 1.35. The van der Waals surface area contributed by atoms with Gasteiger partial charge < -0.3 is 9.47 Å². The van der Waals surface area contributed by atoms with E-state index in [1.807, 2.05) is 20.8 Å². The lowest BCUT2D eigenvalue weighted by molar-refractivity contribution is -0.166. The largest absolute Gasteiger partial charge is 0.468 e. The number of nitrogens with one attached hydrogen (secondary N) is 1. The third-order valence-electron chi connectivity index (χ3n) is 3.54. The second-order valence-electron chi connectivity index (χ2n) is 6.53. The van der Waals surface area contributed by atoms with Gasteiger partial charge in [-0.15, -0.1) is 0 Å². The third kappa shape index (κ3) is 4.47. The molecule has 1 aliphatic rings. The zero-order valence-electron chi connectivity index (χ0n) is 13.2. The number of rotatable bonds is 4. The van der Waals surface area contributed by atoms with Crippen molar-refractivity contribution in [3.63, 3.8) is 0 Å². The monoisotopic (exact) mass is 285 g/mol. The Hall–Kier alpha value is -1.10. The van der Waals surface area contributed by atoms with Crippen LogP contribution < -0.4 is 5.32 Å². The molecule has 1 saturated carbocycles. The van der Waals surface area contributed by atoms with E-state index in [4.69, 9.17) is 9.47 Å². The number of methoxy groups -OCH3 is 1. The van der Waals surface area contributed by atoms with Gasteiger partial charge in [0.25, 0.3) is 0 Å². The summed E-state index contributed by atoms with van der Waals surface area (Å²) in [6.45, 7) is 7.27. The topological polar surface area (TPSA) is 64.6 Å². The minimum atomic E-state index is -0.765. The predicted octanol–water partition coefficient (Wildman–Crippen LogP) is 2.18. The van der Waals surface area contributed by atoms with E-state index in [0.29, 0.717) is 12.8 Å². The highest BCUT2D eigenvalue weighted by Gasteiger charge is 2.44. The van der Waals surface area contributed by atoms with Crippen LogP contribution in [0.3, 0.4) is 0 Å².